The van der Waals surface area contributed by atoms with Gasteiger partial charge in [0.05, 0.1) is 5.92 Å². The van der Waals surface area contributed by atoms with Gasteiger partial charge in [-0.05, 0) is 61.3 Å². The minimum atomic E-state index is -0.631. The fraction of sp³-hybridized carbons (Fsp3) is 0.409. The Labute approximate surface area is 153 Å². The van der Waals surface area contributed by atoms with Crippen LogP contribution >= 0.6 is 0 Å². The van der Waals surface area contributed by atoms with Gasteiger partial charge in [-0.15, -0.1) is 0 Å². The molecule has 0 bridgehead atoms. The van der Waals surface area contributed by atoms with Gasteiger partial charge >= 0.3 is 5.97 Å². The lowest BCUT2D eigenvalue weighted by Gasteiger charge is -2.26. The molecule has 1 saturated carbocycles. The second kappa shape index (κ2) is 7.40. The van der Waals surface area contributed by atoms with Crippen molar-refractivity contribution in [3.8, 4) is 11.5 Å². The van der Waals surface area contributed by atoms with Crippen molar-refractivity contribution < 1.29 is 19.4 Å². The fourth-order valence-corrected chi connectivity index (χ4v) is 4.01. The largest absolute Gasteiger partial charge is 0.485 e. The number of carbonyl (C=O) groups is 1. The van der Waals surface area contributed by atoms with Crippen LogP contribution in [0.5, 0.6) is 11.5 Å². The summed E-state index contributed by atoms with van der Waals surface area (Å²) in [6.07, 6.45) is 4.70. The van der Waals surface area contributed by atoms with E-state index in [9.17, 15) is 4.79 Å². The van der Waals surface area contributed by atoms with E-state index in [1.807, 2.05) is 24.3 Å². The van der Waals surface area contributed by atoms with Gasteiger partial charge in [-0.2, -0.15) is 0 Å². The standard InChI is InChI=1S/C22H24O4/c23-22(24)18-12-9-16(13-18)6-5-15-7-10-17(11-8-15)21-14-25-19-3-1-2-4-20(19)26-21/h1-4,7-8,10-11,16,18,21H,5-6,9,12-14H2,(H,23,24)/t16-,18+,21-/m1/s1. The lowest BCUT2D eigenvalue weighted by Crippen LogP contribution is -2.21. The molecule has 1 N–H and O–H groups in total. The molecule has 0 amide bonds. The van der Waals surface area contributed by atoms with Crippen LogP contribution in [0.4, 0.5) is 0 Å². The molecular weight excluding hydrogens is 328 g/mol. The van der Waals surface area contributed by atoms with E-state index in [2.05, 4.69) is 24.3 Å². The highest BCUT2D eigenvalue weighted by Gasteiger charge is 2.29. The second-order valence-corrected chi connectivity index (χ2v) is 7.36. The molecule has 0 spiro atoms. The number of ether oxygens (including phenoxy) is 2. The van der Waals surface area contributed by atoms with Gasteiger partial charge in [-0.1, -0.05) is 36.4 Å². The van der Waals surface area contributed by atoms with Gasteiger partial charge < -0.3 is 14.6 Å². The van der Waals surface area contributed by atoms with Crippen molar-refractivity contribution in [2.24, 2.45) is 11.8 Å². The number of benzene rings is 2. The highest BCUT2D eigenvalue weighted by atomic mass is 16.6. The number of aliphatic carboxylic acids is 1. The molecule has 2 aromatic rings. The van der Waals surface area contributed by atoms with E-state index in [-0.39, 0.29) is 12.0 Å². The summed E-state index contributed by atoms with van der Waals surface area (Å²) < 4.78 is 11.8. The fourth-order valence-electron chi connectivity index (χ4n) is 4.01. The zero-order valence-electron chi connectivity index (χ0n) is 14.8. The van der Waals surface area contributed by atoms with Gasteiger partial charge in [0.2, 0.25) is 0 Å². The summed E-state index contributed by atoms with van der Waals surface area (Å²) in [6.45, 7) is 0.523. The van der Waals surface area contributed by atoms with E-state index >= 15 is 0 Å². The first kappa shape index (κ1) is 17.0. The van der Waals surface area contributed by atoms with Gasteiger partial charge in [-0.3, -0.25) is 4.79 Å². The number of hydrogen-bond acceptors (Lipinski definition) is 3. The minimum absolute atomic E-state index is 0.0786. The Morgan fingerprint density at radius 3 is 2.54 bits per heavy atom. The molecule has 1 heterocycles. The van der Waals surface area contributed by atoms with Crippen molar-refractivity contribution in [2.45, 2.75) is 38.2 Å². The summed E-state index contributed by atoms with van der Waals surface area (Å²) in [5.74, 6) is 1.38. The van der Waals surface area contributed by atoms with Crippen LogP contribution in [0.15, 0.2) is 48.5 Å². The minimum Gasteiger partial charge on any atom is -0.485 e. The smallest absolute Gasteiger partial charge is 0.306 e. The highest BCUT2D eigenvalue weighted by Crippen LogP contribution is 2.36. The van der Waals surface area contributed by atoms with Crippen molar-refractivity contribution in [3.05, 3.63) is 59.7 Å². The van der Waals surface area contributed by atoms with E-state index in [0.717, 1.165) is 49.2 Å². The van der Waals surface area contributed by atoms with Gasteiger partial charge in [0, 0.05) is 0 Å². The molecule has 4 rings (SSSR count). The summed E-state index contributed by atoms with van der Waals surface area (Å²) in [5.41, 5.74) is 2.42. The summed E-state index contributed by atoms with van der Waals surface area (Å²) in [7, 11) is 0. The average Bonchev–Trinajstić information content (AvgIpc) is 3.16. The lowest BCUT2D eigenvalue weighted by molar-refractivity contribution is -0.141. The molecule has 2 aromatic carbocycles. The van der Waals surface area contributed by atoms with Gasteiger partial charge in [-0.25, -0.2) is 0 Å². The number of para-hydroxylation sites is 2. The summed E-state index contributed by atoms with van der Waals surface area (Å²) >= 11 is 0. The van der Waals surface area contributed by atoms with Crippen molar-refractivity contribution in [1.82, 2.24) is 0 Å². The first-order valence-corrected chi connectivity index (χ1v) is 9.39. The number of rotatable bonds is 5. The number of carboxylic acids is 1. The Morgan fingerprint density at radius 1 is 1.04 bits per heavy atom. The van der Waals surface area contributed by atoms with Crippen LogP contribution in [0, 0.1) is 11.8 Å². The third-order valence-corrected chi connectivity index (χ3v) is 5.59. The number of aryl methyl sites for hydroxylation is 1. The molecular formula is C22H24O4. The maximum atomic E-state index is 11.1. The van der Waals surface area contributed by atoms with Gasteiger partial charge in [0.25, 0.3) is 0 Å². The predicted octanol–water partition coefficient (Wildman–Crippen LogP) is 4.63. The van der Waals surface area contributed by atoms with Gasteiger partial charge in [0.15, 0.2) is 17.6 Å². The molecule has 0 saturated heterocycles. The molecule has 4 heteroatoms. The van der Waals surface area contributed by atoms with Crippen LogP contribution in [0.2, 0.25) is 0 Å². The monoisotopic (exact) mass is 352 g/mol. The molecule has 1 aliphatic heterocycles. The predicted molar refractivity (Wildman–Crippen MR) is 98.5 cm³/mol. The second-order valence-electron chi connectivity index (χ2n) is 7.36. The third kappa shape index (κ3) is 3.69. The molecule has 26 heavy (non-hydrogen) atoms. The number of carboxylic acid groups (broad SMARTS) is 1. The lowest BCUT2D eigenvalue weighted by atomic mass is 9.96. The van der Waals surface area contributed by atoms with Crippen molar-refractivity contribution in [2.75, 3.05) is 6.61 Å². The highest BCUT2D eigenvalue weighted by molar-refractivity contribution is 5.70. The Hall–Kier alpha value is -2.49. The maximum Gasteiger partial charge on any atom is 0.306 e. The Bertz CT molecular complexity index is 768. The molecule has 1 aliphatic carbocycles. The molecule has 0 unspecified atom stereocenters. The molecule has 3 atom stereocenters. The van der Waals surface area contributed by atoms with Crippen molar-refractivity contribution >= 4 is 5.97 Å². The molecule has 0 radical (unpaired) electrons. The SMILES string of the molecule is O=C(O)[C@H]1CC[C@@H](CCc2ccc([C@H]3COc4ccccc4O3)cc2)C1. The Balaban J connectivity index is 1.32. The topological polar surface area (TPSA) is 55.8 Å². The summed E-state index contributed by atoms with van der Waals surface area (Å²) in [6, 6.07) is 16.3. The summed E-state index contributed by atoms with van der Waals surface area (Å²) in [5, 5.41) is 9.11. The molecule has 0 aromatic heterocycles. The molecule has 136 valence electrons. The quantitative estimate of drug-likeness (QED) is 0.852. The third-order valence-electron chi connectivity index (χ3n) is 5.59. The first-order chi connectivity index (χ1) is 12.7. The Kier molecular flexibility index (Phi) is 4.83. The maximum absolute atomic E-state index is 11.1. The Morgan fingerprint density at radius 2 is 1.81 bits per heavy atom. The van der Waals surface area contributed by atoms with E-state index in [0.29, 0.717) is 12.5 Å². The first-order valence-electron chi connectivity index (χ1n) is 9.39. The van der Waals surface area contributed by atoms with Crippen molar-refractivity contribution in [1.29, 1.82) is 0 Å². The summed E-state index contributed by atoms with van der Waals surface area (Å²) in [4.78, 5) is 11.1. The number of fused-ring (bicyclic) bond motifs is 1. The van der Waals surface area contributed by atoms with Crippen molar-refractivity contribution in [3.63, 3.8) is 0 Å². The van der Waals surface area contributed by atoms with E-state index in [1.165, 1.54) is 5.56 Å². The van der Waals surface area contributed by atoms with E-state index < -0.39 is 5.97 Å². The van der Waals surface area contributed by atoms with E-state index in [1.54, 1.807) is 0 Å². The van der Waals surface area contributed by atoms with E-state index in [4.69, 9.17) is 14.6 Å². The molecule has 2 aliphatic rings. The zero-order valence-corrected chi connectivity index (χ0v) is 14.8. The number of hydrogen-bond donors (Lipinski definition) is 1. The normalized spacial score (nSPS) is 24.4. The van der Waals surface area contributed by atoms with Crippen LogP contribution < -0.4 is 9.47 Å². The average molecular weight is 352 g/mol. The van der Waals surface area contributed by atoms with Crippen LogP contribution in [0.25, 0.3) is 0 Å². The van der Waals surface area contributed by atoms with Crippen LogP contribution in [0.1, 0.15) is 42.9 Å². The van der Waals surface area contributed by atoms with Crippen LogP contribution in [0.3, 0.4) is 0 Å². The molecule has 1 fully saturated rings. The van der Waals surface area contributed by atoms with Crippen LogP contribution in [-0.4, -0.2) is 17.7 Å². The molecule has 4 nitrogen and oxygen atoms in total. The van der Waals surface area contributed by atoms with Gasteiger partial charge in [0.1, 0.15) is 6.61 Å². The zero-order chi connectivity index (χ0) is 17.9. The van der Waals surface area contributed by atoms with Crippen LogP contribution in [-0.2, 0) is 11.2 Å².